The molecule has 28 heavy (non-hydrogen) atoms. The maximum atomic E-state index is 12.9. The molecule has 0 aliphatic heterocycles. The first-order valence-electron chi connectivity index (χ1n) is 9.45. The summed E-state index contributed by atoms with van der Waals surface area (Å²) in [7, 11) is 0. The number of likely N-dealkylation sites (N-methyl/N-ethyl adjacent to an activating group) is 1. The van der Waals surface area contributed by atoms with Crippen LogP contribution in [0.25, 0.3) is 0 Å². The van der Waals surface area contributed by atoms with Gasteiger partial charge in [-0.1, -0.05) is 12.1 Å². The summed E-state index contributed by atoms with van der Waals surface area (Å²) in [5.74, 6) is -0.863. The Morgan fingerprint density at radius 2 is 1.93 bits per heavy atom. The number of hydrogen-bond acceptors (Lipinski definition) is 3. The second-order valence-electron chi connectivity index (χ2n) is 6.98. The van der Waals surface area contributed by atoms with Gasteiger partial charge in [0.25, 0.3) is 5.91 Å². The number of Topliss-reactive ketones (excluding diaryl/α,β-unsaturated/α-hetero) is 1. The Balaban J connectivity index is 1.66. The summed E-state index contributed by atoms with van der Waals surface area (Å²) in [5, 5.41) is 2.74. The molecule has 2 amide bonds. The molecule has 0 saturated carbocycles. The lowest BCUT2D eigenvalue weighted by atomic mass is 9.94. The van der Waals surface area contributed by atoms with Crippen LogP contribution in [0.2, 0.25) is 0 Å². The van der Waals surface area contributed by atoms with E-state index in [9.17, 15) is 18.8 Å². The molecule has 0 saturated heterocycles. The number of nitrogens with one attached hydrogen (secondary N) is 2. The van der Waals surface area contributed by atoms with Gasteiger partial charge in [0.1, 0.15) is 11.5 Å². The van der Waals surface area contributed by atoms with E-state index in [1.54, 1.807) is 26.0 Å². The molecule has 1 aromatic heterocycles. The molecule has 2 N–H and O–H groups in total. The van der Waals surface area contributed by atoms with Crippen LogP contribution < -0.4 is 5.32 Å². The fourth-order valence-corrected chi connectivity index (χ4v) is 3.51. The van der Waals surface area contributed by atoms with E-state index in [1.807, 2.05) is 0 Å². The fourth-order valence-electron chi connectivity index (χ4n) is 3.51. The normalized spacial score (nSPS) is 13.2. The second-order valence-corrected chi connectivity index (χ2v) is 6.98. The van der Waals surface area contributed by atoms with Crippen LogP contribution in [0.5, 0.6) is 0 Å². The molecular formula is C21H24FN3O3. The number of benzene rings is 1. The number of aromatic amines is 1. The predicted octanol–water partition coefficient (Wildman–Crippen LogP) is 2.76. The molecule has 0 fully saturated rings. The Kier molecular flexibility index (Phi) is 5.92. The molecule has 0 bridgehead atoms. The number of nitrogens with zero attached hydrogens (tertiary/aromatic N) is 1. The van der Waals surface area contributed by atoms with Crippen molar-refractivity contribution in [3.63, 3.8) is 0 Å². The van der Waals surface area contributed by atoms with Crippen molar-refractivity contribution in [2.45, 2.75) is 39.7 Å². The Labute approximate surface area is 163 Å². The Bertz CT molecular complexity index is 902. The van der Waals surface area contributed by atoms with Gasteiger partial charge in [0.2, 0.25) is 5.91 Å². The highest BCUT2D eigenvalue weighted by atomic mass is 19.1. The summed E-state index contributed by atoms with van der Waals surface area (Å²) in [6.45, 7) is 4.10. The second kappa shape index (κ2) is 8.37. The number of ketones is 1. The Hall–Kier alpha value is -2.96. The van der Waals surface area contributed by atoms with Crippen molar-refractivity contribution in [2.75, 3.05) is 13.1 Å². The maximum absolute atomic E-state index is 12.9. The third kappa shape index (κ3) is 4.13. The van der Waals surface area contributed by atoms with E-state index in [0.29, 0.717) is 29.8 Å². The van der Waals surface area contributed by atoms with Crippen LogP contribution >= 0.6 is 0 Å². The molecule has 0 atom stereocenters. The number of hydrogen-bond donors (Lipinski definition) is 2. The molecule has 148 valence electrons. The summed E-state index contributed by atoms with van der Waals surface area (Å²) < 4.78 is 12.9. The van der Waals surface area contributed by atoms with Crippen molar-refractivity contribution in [3.05, 3.63) is 58.2 Å². The molecule has 1 aromatic carbocycles. The predicted molar refractivity (Wildman–Crippen MR) is 103 cm³/mol. The van der Waals surface area contributed by atoms with Gasteiger partial charge in [0, 0.05) is 30.8 Å². The summed E-state index contributed by atoms with van der Waals surface area (Å²) in [5.41, 5.74) is 3.26. The van der Waals surface area contributed by atoms with Crippen LogP contribution in [0.1, 0.15) is 57.4 Å². The van der Waals surface area contributed by atoms with Gasteiger partial charge in [-0.05, 0) is 49.9 Å². The summed E-state index contributed by atoms with van der Waals surface area (Å²) >= 11 is 0. The fraction of sp³-hybridized carbons (Fsp3) is 0.381. The van der Waals surface area contributed by atoms with Gasteiger partial charge in [-0.2, -0.15) is 0 Å². The van der Waals surface area contributed by atoms with Crippen molar-refractivity contribution in [1.82, 2.24) is 15.2 Å². The molecule has 0 unspecified atom stereocenters. The highest BCUT2D eigenvalue weighted by Gasteiger charge is 2.28. The van der Waals surface area contributed by atoms with Crippen molar-refractivity contribution in [1.29, 1.82) is 0 Å². The Morgan fingerprint density at radius 1 is 1.21 bits per heavy atom. The number of amides is 2. The van der Waals surface area contributed by atoms with E-state index in [2.05, 4.69) is 10.3 Å². The largest absolute Gasteiger partial charge is 0.354 e. The first-order chi connectivity index (χ1) is 13.4. The molecule has 7 heteroatoms. The number of carbonyl (C=O) groups excluding carboxylic acids is 3. The first-order valence-corrected chi connectivity index (χ1v) is 9.45. The van der Waals surface area contributed by atoms with E-state index in [1.165, 1.54) is 17.0 Å². The van der Waals surface area contributed by atoms with Crippen LogP contribution in [0, 0.1) is 12.7 Å². The zero-order chi connectivity index (χ0) is 20.3. The van der Waals surface area contributed by atoms with Crippen LogP contribution in [0.3, 0.4) is 0 Å². The molecule has 1 heterocycles. The highest BCUT2D eigenvalue weighted by molar-refractivity contribution is 6.04. The molecule has 6 nitrogen and oxygen atoms in total. The van der Waals surface area contributed by atoms with Gasteiger partial charge in [-0.15, -0.1) is 0 Å². The zero-order valence-corrected chi connectivity index (χ0v) is 16.1. The smallest absolute Gasteiger partial charge is 0.271 e. The highest BCUT2D eigenvalue weighted by Crippen LogP contribution is 2.27. The van der Waals surface area contributed by atoms with Gasteiger partial charge >= 0.3 is 0 Å². The lowest BCUT2D eigenvalue weighted by Crippen LogP contribution is -2.40. The van der Waals surface area contributed by atoms with Gasteiger partial charge in [0.15, 0.2) is 5.78 Å². The zero-order valence-electron chi connectivity index (χ0n) is 16.1. The number of aromatic nitrogens is 1. The van der Waals surface area contributed by atoms with Crippen molar-refractivity contribution < 1.29 is 18.8 Å². The number of aryl methyl sites for hydroxylation is 1. The lowest BCUT2D eigenvalue weighted by molar-refractivity contribution is -0.121. The minimum absolute atomic E-state index is 0.0640. The minimum atomic E-state index is -0.333. The molecule has 0 spiro atoms. The Morgan fingerprint density at radius 3 is 2.57 bits per heavy atom. The standard InChI is InChI=1S/C21H24FN3O3/c1-3-25(12-18(27)23-11-14-7-9-15(22)10-8-14)21(28)20-13(2)19-16(24-20)5-4-6-17(19)26/h7-10,24H,3-6,11-12H2,1-2H3,(H,23,27). The van der Waals surface area contributed by atoms with Gasteiger partial charge in [0.05, 0.1) is 6.54 Å². The van der Waals surface area contributed by atoms with Gasteiger partial charge < -0.3 is 15.2 Å². The number of fused-ring (bicyclic) bond motifs is 1. The topological polar surface area (TPSA) is 82.3 Å². The van der Waals surface area contributed by atoms with Gasteiger partial charge in [-0.25, -0.2) is 4.39 Å². The third-order valence-electron chi connectivity index (χ3n) is 5.06. The van der Waals surface area contributed by atoms with Crippen LogP contribution in [0.15, 0.2) is 24.3 Å². The number of H-pyrrole nitrogens is 1. The van der Waals surface area contributed by atoms with Crippen molar-refractivity contribution in [3.8, 4) is 0 Å². The third-order valence-corrected chi connectivity index (χ3v) is 5.06. The number of carbonyl (C=O) groups is 3. The SMILES string of the molecule is CCN(CC(=O)NCc1ccc(F)cc1)C(=O)c1[nH]c2c(c1C)C(=O)CCC2. The molecular weight excluding hydrogens is 361 g/mol. The van der Waals surface area contributed by atoms with Gasteiger partial charge in [-0.3, -0.25) is 14.4 Å². The van der Waals surface area contributed by atoms with Crippen LogP contribution in [-0.2, 0) is 17.8 Å². The molecule has 1 aliphatic rings. The summed E-state index contributed by atoms with van der Waals surface area (Å²) in [4.78, 5) is 41.9. The van der Waals surface area contributed by atoms with Crippen molar-refractivity contribution >= 4 is 17.6 Å². The average molecular weight is 385 g/mol. The minimum Gasteiger partial charge on any atom is -0.354 e. The average Bonchev–Trinajstić information content (AvgIpc) is 3.03. The summed E-state index contributed by atoms with van der Waals surface area (Å²) in [6, 6.07) is 5.87. The number of halogens is 1. The van der Waals surface area contributed by atoms with E-state index in [-0.39, 0.29) is 36.5 Å². The van der Waals surface area contributed by atoms with E-state index < -0.39 is 0 Å². The van der Waals surface area contributed by atoms with E-state index >= 15 is 0 Å². The molecule has 3 rings (SSSR count). The van der Waals surface area contributed by atoms with E-state index in [0.717, 1.165) is 24.1 Å². The monoisotopic (exact) mass is 385 g/mol. The van der Waals surface area contributed by atoms with Crippen LogP contribution in [-0.4, -0.2) is 40.6 Å². The quantitative estimate of drug-likeness (QED) is 0.802. The first kappa shape index (κ1) is 19.8. The molecule has 2 aromatic rings. The van der Waals surface area contributed by atoms with Crippen LogP contribution in [0.4, 0.5) is 4.39 Å². The lowest BCUT2D eigenvalue weighted by Gasteiger charge is -2.20. The van der Waals surface area contributed by atoms with Crippen molar-refractivity contribution in [2.24, 2.45) is 0 Å². The molecule has 0 radical (unpaired) electrons. The van der Waals surface area contributed by atoms with E-state index in [4.69, 9.17) is 0 Å². The molecule has 1 aliphatic carbocycles. The summed E-state index contributed by atoms with van der Waals surface area (Å²) in [6.07, 6.45) is 2.03. The maximum Gasteiger partial charge on any atom is 0.271 e. The number of rotatable bonds is 6.